The minimum absolute atomic E-state index is 0.0825. The molecule has 0 saturated heterocycles. The first-order chi connectivity index (χ1) is 13.2. The van der Waals surface area contributed by atoms with Crippen molar-refractivity contribution in [3.63, 3.8) is 0 Å². The predicted octanol–water partition coefficient (Wildman–Crippen LogP) is 4.44. The van der Waals surface area contributed by atoms with Crippen molar-refractivity contribution in [3.8, 4) is 6.07 Å². The second-order valence-electron chi connectivity index (χ2n) is 6.47. The molecule has 1 fully saturated rings. The van der Waals surface area contributed by atoms with Crippen LogP contribution in [0.4, 0.5) is 5.69 Å². The van der Waals surface area contributed by atoms with Gasteiger partial charge in [0.2, 0.25) is 5.91 Å². The topological polar surface area (TPSA) is 83.6 Å². The smallest absolute Gasteiger partial charge is 0.234 e. The van der Waals surface area contributed by atoms with Gasteiger partial charge in [-0.1, -0.05) is 43.2 Å². The highest BCUT2D eigenvalue weighted by Gasteiger charge is 2.21. The predicted molar refractivity (Wildman–Crippen MR) is 109 cm³/mol. The largest absolute Gasteiger partial charge is 0.324 e. The van der Waals surface area contributed by atoms with E-state index in [0.717, 1.165) is 34.4 Å². The Hall–Kier alpha value is -1.98. The third-order valence-corrected chi connectivity index (χ3v) is 6.44. The summed E-state index contributed by atoms with van der Waals surface area (Å²) in [7, 11) is 0. The maximum atomic E-state index is 12.4. The number of hydrogen-bond acceptors (Lipinski definition) is 6. The third kappa shape index (κ3) is 5.27. The fourth-order valence-corrected chi connectivity index (χ4v) is 4.85. The summed E-state index contributed by atoms with van der Waals surface area (Å²) in [6, 6.07) is 10.1. The van der Waals surface area contributed by atoms with Crippen molar-refractivity contribution in [2.24, 2.45) is 0 Å². The Morgan fingerprint density at radius 1 is 1.26 bits per heavy atom. The summed E-state index contributed by atoms with van der Waals surface area (Å²) in [6.07, 6.45) is 6.09. The summed E-state index contributed by atoms with van der Waals surface area (Å²) in [5, 5.41) is 21.1. The van der Waals surface area contributed by atoms with E-state index in [1.165, 1.54) is 42.8 Å². The summed E-state index contributed by atoms with van der Waals surface area (Å²) >= 11 is 2.85. The highest BCUT2D eigenvalue weighted by molar-refractivity contribution is 8.00. The van der Waals surface area contributed by atoms with Gasteiger partial charge in [-0.05, 0) is 31.9 Å². The number of hydrogen-bond donors (Lipinski definition) is 1. The lowest BCUT2D eigenvalue weighted by molar-refractivity contribution is -0.113. The third-order valence-electron chi connectivity index (χ3n) is 4.56. The lowest BCUT2D eigenvalue weighted by atomic mass is 9.95. The number of para-hydroxylation sites is 1. The van der Waals surface area contributed by atoms with Crippen LogP contribution >= 0.6 is 23.5 Å². The van der Waals surface area contributed by atoms with E-state index < -0.39 is 0 Å². The van der Waals surface area contributed by atoms with Gasteiger partial charge in [-0.25, -0.2) is 0 Å². The first-order valence-electron chi connectivity index (χ1n) is 9.12. The van der Waals surface area contributed by atoms with Crippen molar-refractivity contribution >= 4 is 35.1 Å². The van der Waals surface area contributed by atoms with Crippen molar-refractivity contribution in [2.45, 2.75) is 55.1 Å². The van der Waals surface area contributed by atoms with E-state index in [-0.39, 0.29) is 11.7 Å². The molecule has 1 saturated carbocycles. The van der Waals surface area contributed by atoms with Gasteiger partial charge >= 0.3 is 0 Å². The summed E-state index contributed by atoms with van der Waals surface area (Å²) in [5.41, 5.74) is 0.744. The number of aromatic nitrogens is 3. The van der Waals surface area contributed by atoms with Crippen LogP contribution in [0, 0.1) is 18.3 Å². The van der Waals surface area contributed by atoms with E-state index in [9.17, 15) is 4.79 Å². The van der Waals surface area contributed by atoms with Crippen LogP contribution in [0.3, 0.4) is 0 Å². The molecule has 27 heavy (non-hydrogen) atoms. The van der Waals surface area contributed by atoms with E-state index in [1.807, 2.05) is 31.2 Å². The maximum absolute atomic E-state index is 12.4. The van der Waals surface area contributed by atoms with Crippen molar-refractivity contribution in [1.82, 2.24) is 14.8 Å². The number of anilines is 1. The van der Waals surface area contributed by atoms with Gasteiger partial charge in [-0.2, -0.15) is 5.26 Å². The number of benzene rings is 1. The number of carbonyl (C=O) groups is 1. The zero-order valence-corrected chi connectivity index (χ0v) is 17.0. The molecule has 1 N–H and O–H groups in total. The van der Waals surface area contributed by atoms with Crippen molar-refractivity contribution in [3.05, 3.63) is 30.1 Å². The van der Waals surface area contributed by atoms with E-state index in [4.69, 9.17) is 5.26 Å². The molecule has 0 unspecified atom stereocenters. The van der Waals surface area contributed by atoms with Crippen LogP contribution < -0.4 is 5.32 Å². The standard InChI is InChI=1S/C19H23N5OS2/c1-14-22-23-19(24(14)15-7-3-2-4-8-15)27-13-18(25)21-16-9-5-6-10-17(16)26-12-11-20/h5-6,9-10,15H,2-4,7-8,12-13H2,1H3,(H,21,25). The number of amides is 1. The van der Waals surface area contributed by atoms with Crippen LogP contribution in [0.5, 0.6) is 0 Å². The van der Waals surface area contributed by atoms with E-state index in [2.05, 4.69) is 26.2 Å². The fourth-order valence-electron chi connectivity index (χ4n) is 3.33. The lowest BCUT2D eigenvalue weighted by Gasteiger charge is -2.24. The SMILES string of the molecule is Cc1nnc(SCC(=O)Nc2ccccc2SCC#N)n1C1CCCCC1. The second kappa shape index (κ2) is 9.81. The molecule has 0 spiro atoms. The monoisotopic (exact) mass is 401 g/mol. The van der Waals surface area contributed by atoms with Gasteiger partial charge in [-0.3, -0.25) is 4.79 Å². The molecule has 0 atom stereocenters. The summed E-state index contributed by atoms with van der Waals surface area (Å²) in [6.45, 7) is 1.98. The van der Waals surface area contributed by atoms with E-state index in [1.54, 1.807) is 0 Å². The zero-order valence-electron chi connectivity index (χ0n) is 15.4. The number of carbonyl (C=O) groups excluding carboxylic acids is 1. The Kier molecular flexibility index (Phi) is 7.18. The first kappa shape index (κ1) is 19.8. The Morgan fingerprint density at radius 3 is 2.81 bits per heavy atom. The Bertz CT molecular complexity index is 824. The number of aryl methyl sites for hydroxylation is 1. The van der Waals surface area contributed by atoms with Gasteiger partial charge < -0.3 is 9.88 Å². The molecule has 6 nitrogen and oxygen atoms in total. The Balaban J connectivity index is 1.61. The number of nitriles is 1. The molecule has 1 amide bonds. The molecule has 2 aromatic rings. The van der Waals surface area contributed by atoms with Crippen molar-refractivity contribution in [2.75, 3.05) is 16.8 Å². The molecule has 142 valence electrons. The quantitative estimate of drug-likeness (QED) is 0.691. The average molecular weight is 402 g/mol. The average Bonchev–Trinajstić information content (AvgIpc) is 3.07. The van der Waals surface area contributed by atoms with Crippen LogP contribution in [0.1, 0.15) is 44.0 Å². The minimum atomic E-state index is -0.0825. The first-order valence-corrected chi connectivity index (χ1v) is 11.1. The van der Waals surface area contributed by atoms with Crippen LogP contribution in [0.2, 0.25) is 0 Å². The number of nitrogens with one attached hydrogen (secondary N) is 1. The highest BCUT2D eigenvalue weighted by atomic mass is 32.2. The molecule has 0 bridgehead atoms. The Morgan fingerprint density at radius 2 is 2.04 bits per heavy atom. The molecule has 1 aromatic carbocycles. The molecule has 1 aliphatic rings. The lowest BCUT2D eigenvalue weighted by Crippen LogP contribution is -2.17. The van der Waals surface area contributed by atoms with Crippen LogP contribution in [0.15, 0.2) is 34.3 Å². The molecule has 1 aromatic heterocycles. The van der Waals surface area contributed by atoms with Gasteiger partial charge in [0, 0.05) is 10.9 Å². The number of rotatable bonds is 7. The minimum Gasteiger partial charge on any atom is -0.324 e. The molecular formula is C19H23N5OS2. The summed E-state index contributed by atoms with van der Waals surface area (Å²) < 4.78 is 2.20. The molecule has 1 aliphatic carbocycles. The second-order valence-corrected chi connectivity index (χ2v) is 8.43. The molecular weight excluding hydrogens is 378 g/mol. The van der Waals surface area contributed by atoms with Gasteiger partial charge in [0.15, 0.2) is 5.16 Å². The highest BCUT2D eigenvalue weighted by Crippen LogP contribution is 2.32. The number of thioether (sulfide) groups is 2. The molecule has 0 radical (unpaired) electrons. The van der Waals surface area contributed by atoms with Crippen LogP contribution in [0.25, 0.3) is 0 Å². The van der Waals surface area contributed by atoms with E-state index in [0.29, 0.717) is 11.8 Å². The fraction of sp³-hybridized carbons (Fsp3) is 0.474. The van der Waals surface area contributed by atoms with Gasteiger partial charge in [0.25, 0.3) is 0 Å². The van der Waals surface area contributed by atoms with Crippen LogP contribution in [-0.4, -0.2) is 32.2 Å². The van der Waals surface area contributed by atoms with Crippen molar-refractivity contribution in [1.29, 1.82) is 5.26 Å². The summed E-state index contributed by atoms with van der Waals surface area (Å²) in [4.78, 5) is 13.3. The molecule has 0 aliphatic heterocycles. The molecule has 8 heteroatoms. The van der Waals surface area contributed by atoms with Crippen molar-refractivity contribution < 1.29 is 4.79 Å². The maximum Gasteiger partial charge on any atom is 0.234 e. The van der Waals surface area contributed by atoms with Gasteiger partial charge in [0.1, 0.15) is 5.82 Å². The van der Waals surface area contributed by atoms with Crippen LogP contribution in [-0.2, 0) is 4.79 Å². The molecule has 3 rings (SSSR count). The van der Waals surface area contributed by atoms with E-state index >= 15 is 0 Å². The summed E-state index contributed by atoms with van der Waals surface area (Å²) in [5.74, 6) is 1.47. The zero-order chi connectivity index (χ0) is 19.1. The normalized spacial score (nSPS) is 14.7. The van der Waals surface area contributed by atoms with Gasteiger partial charge in [-0.15, -0.1) is 22.0 Å². The molecule has 1 heterocycles. The Labute approximate surface area is 168 Å². The number of nitrogens with zero attached hydrogens (tertiary/aromatic N) is 4. The van der Waals surface area contributed by atoms with Gasteiger partial charge in [0.05, 0.1) is 23.3 Å².